The fourth-order valence-electron chi connectivity index (χ4n) is 4.79. The highest BCUT2D eigenvalue weighted by molar-refractivity contribution is 5.66. The molecule has 0 aromatic heterocycles. The summed E-state index contributed by atoms with van der Waals surface area (Å²) in [5.41, 5.74) is 10.3. The van der Waals surface area contributed by atoms with Crippen LogP contribution >= 0.6 is 0 Å². The molecule has 4 heteroatoms. The first-order chi connectivity index (χ1) is 11.3. The van der Waals surface area contributed by atoms with Crippen molar-refractivity contribution in [3.05, 3.63) is 16.7 Å². The molecular formula is C19H27NO3. The average molecular weight is 317 g/mol. The minimum atomic E-state index is 0.0679. The summed E-state index contributed by atoms with van der Waals surface area (Å²) in [7, 11) is 1.75. The largest absolute Gasteiger partial charge is 0.493 e. The Morgan fingerprint density at radius 3 is 2.26 bits per heavy atom. The number of benzene rings is 1. The van der Waals surface area contributed by atoms with Crippen LogP contribution in [0.2, 0.25) is 0 Å². The molecule has 0 atom stereocenters. The SMILES string of the molecule is COc1c2c(c(C3(CN)CCCC3)c3c1OCCC3)OCCC2. The monoisotopic (exact) mass is 317 g/mol. The molecule has 4 rings (SSSR count). The third kappa shape index (κ3) is 2.22. The molecule has 0 saturated heterocycles. The van der Waals surface area contributed by atoms with Gasteiger partial charge in [-0.25, -0.2) is 0 Å². The molecule has 23 heavy (non-hydrogen) atoms. The summed E-state index contributed by atoms with van der Waals surface area (Å²) in [5.74, 6) is 2.95. The van der Waals surface area contributed by atoms with Crippen molar-refractivity contribution in [2.45, 2.75) is 56.8 Å². The Kier molecular flexibility index (Phi) is 3.88. The molecule has 0 amide bonds. The minimum Gasteiger partial charge on any atom is -0.493 e. The third-order valence-electron chi connectivity index (χ3n) is 5.88. The molecule has 3 aliphatic rings. The highest BCUT2D eigenvalue weighted by Gasteiger charge is 2.42. The highest BCUT2D eigenvalue weighted by Crippen LogP contribution is 2.55. The number of fused-ring (bicyclic) bond motifs is 2. The number of hydrogen-bond acceptors (Lipinski definition) is 4. The van der Waals surface area contributed by atoms with Gasteiger partial charge in [0.15, 0.2) is 11.5 Å². The van der Waals surface area contributed by atoms with Gasteiger partial charge in [-0.15, -0.1) is 0 Å². The van der Waals surface area contributed by atoms with Gasteiger partial charge in [0, 0.05) is 28.7 Å². The van der Waals surface area contributed by atoms with Crippen molar-refractivity contribution in [3.63, 3.8) is 0 Å². The van der Waals surface area contributed by atoms with E-state index in [2.05, 4.69) is 0 Å². The lowest BCUT2D eigenvalue weighted by Crippen LogP contribution is -2.35. The van der Waals surface area contributed by atoms with Gasteiger partial charge in [0.05, 0.1) is 20.3 Å². The van der Waals surface area contributed by atoms with Gasteiger partial charge in [-0.1, -0.05) is 12.8 Å². The van der Waals surface area contributed by atoms with E-state index in [0.29, 0.717) is 6.54 Å². The molecule has 1 aromatic carbocycles. The first-order valence-corrected chi connectivity index (χ1v) is 9.02. The molecule has 1 fully saturated rings. The molecule has 0 radical (unpaired) electrons. The quantitative estimate of drug-likeness (QED) is 0.930. The van der Waals surface area contributed by atoms with Crippen LogP contribution in [0.25, 0.3) is 0 Å². The van der Waals surface area contributed by atoms with E-state index in [9.17, 15) is 0 Å². The van der Waals surface area contributed by atoms with Crippen molar-refractivity contribution in [2.75, 3.05) is 26.9 Å². The second-order valence-corrected chi connectivity index (χ2v) is 7.12. The van der Waals surface area contributed by atoms with Crippen LogP contribution in [0.5, 0.6) is 17.2 Å². The molecule has 2 N–H and O–H groups in total. The Balaban J connectivity index is 2.00. The van der Waals surface area contributed by atoms with Crippen LogP contribution in [0.1, 0.15) is 55.2 Å². The van der Waals surface area contributed by atoms with Gasteiger partial charge in [0.1, 0.15) is 5.75 Å². The number of rotatable bonds is 3. The lowest BCUT2D eigenvalue weighted by Gasteiger charge is -2.37. The van der Waals surface area contributed by atoms with Gasteiger partial charge < -0.3 is 19.9 Å². The van der Waals surface area contributed by atoms with Crippen LogP contribution in [0.3, 0.4) is 0 Å². The van der Waals surface area contributed by atoms with Crippen LogP contribution in [0, 0.1) is 0 Å². The fourth-order valence-corrected chi connectivity index (χ4v) is 4.79. The Morgan fingerprint density at radius 1 is 0.957 bits per heavy atom. The van der Waals surface area contributed by atoms with Gasteiger partial charge in [-0.2, -0.15) is 0 Å². The molecule has 2 aliphatic heterocycles. The van der Waals surface area contributed by atoms with E-state index in [1.54, 1.807) is 7.11 Å². The van der Waals surface area contributed by atoms with Crippen molar-refractivity contribution in [1.29, 1.82) is 0 Å². The molecule has 1 saturated carbocycles. The topological polar surface area (TPSA) is 53.7 Å². The summed E-state index contributed by atoms with van der Waals surface area (Å²) < 4.78 is 18.1. The fraction of sp³-hybridized carbons (Fsp3) is 0.684. The van der Waals surface area contributed by atoms with Crippen molar-refractivity contribution < 1.29 is 14.2 Å². The van der Waals surface area contributed by atoms with Gasteiger partial charge in [0.25, 0.3) is 0 Å². The van der Waals surface area contributed by atoms with Gasteiger partial charge in [0.2, 0.25) is 0 Å². The summed E-state index contributed by atoms with van der Waals surface area (Å²) in [6.45, 7) is 2.27. The number of ether oxygens (including phenoxy) is 3. The summed E-state index contributed by atoms with van der Waals surface area (Å²) >= 11 is 0. The Bertz CT molecular complexity index is 568. The smallest absolute Gasteiger partial charge is 0.167 e. The Hall–Kier alpha value is -1.42. The Labute approximate surface area is 138 Å². The van der Waals surface area contributed by atoms with Crippen LogP contribution in [0.15, 0.2) is 0 Å². The van der Waals surface area contributed by atoms with E-state index in [0.717, 1.165) is 69.0 Å². The maximum atomic E-state index is 6.31. The minimum absolute atomic E-state index is 0.0679. The number of methoxy groups -OCH3 is 1. The van der Waals surface area contributed by atoms with E-state index in [-0.39, 0.29) is 5.41 Å². The van der Waals surface area contributed by atoms with E-state index in [4.69, 9.17) is 19.9 Å². The lowest BCUT2D eigenvalue weighted by molar-refractivity contribution is 0.243. The summed E-state index contributed by atoms with van der Waals surface area (Å²) in [5, 5.41) is 0. The van der Waals surface area contributed by atoms with Crippen LogP contribution in [-0.4, -0.2) is 26.9 Å². The molecule has 1 aromatic rings. The summed E-state index contributed by atoms with van der Waals surface area (Å²) in [6.07, 6.45) is 8.99. The van der Waals surface area contributed by atoms with Crippen molar-refractivity contribution in [3.8, 4) is 17.2 Å². The first-order valence-electron chi connectivity index (χ1n) is 9.02. The predicted octanol–water partition coefficient (Wildman–Crippen LogP) is 3.12. The maximum Gasteiger partial charge on any atom is 0.167 e. The predicted molar refractivity (Wildman–Crippen MR) is 89.8 cm³/mol. The zero-order valence-corrected chi connectivity index (χ0v) is 14.1. The van der Waals surface area contributed by atoms with Crippen LogP contribution in [0.4, 0.5) is 0 Å². The second-order valence-electron chi connectivity index (χ2n) is 7.12. The number of hydrogen-bond donors (Lipinski definition) is 1. The van der Waals surface area contributed by atoms with Crippen molar-refractivity contribution in [1.82, 2.24) is 0 Å². The van der Waals surface area contributed by atoms with Crippen molar-refractivity contribution in [2.24, 2.45) is 5.73 Å². The lowest BCUT2D eigenvalue weighted by atomic mass is 9.73. The zero-order valence-electron chi connectivity index (χ0n) is 14.1. The average Bonchev–Trinajstić information content (AvgIpc) is 3.09. The van der Waals surface area contributed by atoms with E-state index in [1.165, 1.54) is 29.5 Å². The molecule has 1 aliphatic carbocycles. The maximum absolute atomic E-state index is 6.31. The van der Waals surface area contributed by atoms with E-state index >= 15 is 0 Å². The summed E-state index contributed by atoms with van der Waals surface area (Å²) in [4.78, 5) is 0. The molecular weight excluding hydrogens is 290 g/mol. The standard InChI is InChI=1S/C19H27NO3/c1-21-17-14-7-5-10-22-16(14)15(13-6-4-11-23-18(13)17)19(12-20)8-2-3-9-19/h2-12,20H2,1H3. The summed E-state index contributed by atoms with van der Waals surface area (Å²) in [6, 6.07) is 0. The normalized spacial score (nSPS) is 21.8. The molecule has 4 nitrogen and oxygen atoms in total. The zero-order chi connectivity index (χ0) is 15.9. The molecule has 0 unspecified atom stereocenters. The van der Waals surface area contributed by atoms with Crippen molar-refractivity contribution >= 4 is 0 Å². The van der Waals surface area contributed by atoms with E-state index < -0.39 is 0 Å². The molecule has 0 spiro atoms. The van der Waals surface area contributed by atoms with Gasteiger partial charge in [-0.3, -0.25) is 0 Å². The van der Waals surface area contributed by atoms with Crippen LogP contribution < -0.4 is 19.9 Å². The second kappa shape index (κ2) is 5.90. The number of nitrogens with two attached hydrogens (primary N) is 1. The van der Waals surface area contributed by atoms with Crippen LogP contribution in [-0.2, 0) is 18.3 Å². The first kappa shape index (κ1) is 15.1. The van der Waals surface area contributed by atoms with Gasteiger partial charge in [-0.05, 0) is 38.5 Å². The molecule has 0 bridgehead atoms. The van der Waals surface area contributed by atoms with E-state index in [1.807, 2.05) is 0 Å². The van der Waals surface area contributed by atoms with Gasteiger partial charge >= 0.3 is 0 Å². The molecule has 126 valence electrons. The molecule has 2 heterocycles. The Morgan fingerprint density at radius 2 is 1.61 bits per heavy atom. The highest BCUT2D eigenvalue weighted by atomic mass is 16.5. The third-order valence-corrected chi connectivity index (χ3v) is 5.88.